The molecule has 1 unspecified atom stereocenters. The van der Waals surface area contributed by atoms with E-state index in [1.165, 1.54) is 11.8 Å². The Morgan fingerprint density at radius 2 is 2.54 bits per heavy atom. The maximum Gasteiger partial charge on any atom is 0.187 e. The number of hydrogen-bond donors (Lipinski definition) is 0. The summed E-state index contributed by atoms with van der Waals surface area (Å²) in [4.78, 5) is 18.4. The van der Waals surface area contributed by atoms with Gasteiger partial charge in [0.15, 0.2) is 5.16 Å². The molecule has 0 fully saturated rings. The summed E-state index contributed by atoms with van der Waals surface area (Å²) in [7, 11) is 0. The fraction of sp³-hybridized carbons (Fsp3) is 0.250. The fourth-order valence-corrected chi connectivity index (χ4v) is 1.15. The minimum atomic E-state index is -0.783. The van der Waals surface area contributed by atoms with E-state index in [2.05, 4.69) is 9.97 Å². The highest BCUT2D eigenvalue weighted by Crippen LogP contribution is 2.13. The van der Waals surface area contributed by atoms with Gasteiger partial charge in [-0.2, -0.15) is 5.26 Å². The standard InChI is InChI=1S/C8H7N3OS/c1-13-8-10-3-2-7(11-8)6(4-9)5-12/h2-3,5-6H,1H3. The van der Waals surface area contributed by atoms with Crippen LogP contribution in [0.1, 0.15) is 11.6 Å². The first kappa shape index (κ1) is 9.68. The molecule has 0 radical (unpaired) electrons. The monoisotopic (exact) mass is 193 g/mol. The van der Waals surface area contributed by atoms with E-state index in [0.717, 1.165) is 0 Å². The van der Waals surface area contributed by atoms with Crippen LogP contribution in [-0.2, 0) is 4.79 Å². The largest absolute Gasteiger partial charge is 0.301 e. The van der Waals surface area contributed by atoms with Crippen molar-refractivity contribution in [2.45, 2.75) is 11.1 Å². The Labute approximate surface area is 80.0 Å². The van der Waals surface area contributed by atoms with E-state index >= 15 is 0 Å². The summed E-state index contributed by atoms with van der Waals surface area (Å²) in [5.74, 6) is -0.783. The quantitative estimate of drug-likeness (QED) is 0.407. The van der Waals surface area contributed by atoms with Crippen molar-refractivity contribution in [3.8, 4) is 6.07 Å². The van der Waals surface area contributed by atoms with E-state index in [9.17, 15) is 4.79 Å². The zero-order chi connectivity index (χ0) is 9.68. The molecule has 0 N–H and O–H groups in total. The van der Waals surface area contributed by atoms with E-state index < -0.39 is 5.92 Å². The van der Waals surface area contributed by atoms with Crippen LogP contribution in [0.4, 0.5) is 0 Å². The molecule has 1 rings (SSSR count). The minimum absolute atomic E-state index is 0.455. The number of hydrogen-bond acceptors (Lipinski definition) is 5. The van der Waals surface area contributed by atoms with Crippen molar-refractivity contribution in [2.75, 3.05) is 6.26 Å². The molecule has 0 aromatic carbocycles. The second kappa shape index (κ2) is 4.58. The minimum Gasteiger partial charge on any atom is -0.301 e. The van der Waals surface area contributed by atoms with E-state index in [0.29, 0.717) is 17.1 Å². The van der Waals surface area contributed by atoms with Gasteiger partial charge in [-0.1, -0.05) is 11.8 Å². The molecular formula is C8H7N3OS. The summed E-state index contributed by atoms with van der Waals surface area (Å²) in [5, 5.41) is 9.16. The maximum atomic E-state index is 10.4. The number of carbonyl (C=O) groups excluding carboxylic acids is 1. The van der Waals surface area contributed by atoms with Crippen LogP contribution in [-0.4, -0.2) is 22.5 Å². The summed E-state index contributed by atoms with van der Waals surface area (Å²) < 4.78 is 0. The first-order valence-corrected chi connectivity index (χ1v) is 4.76. The van der Waals surface area contributed by atoms with Crippen molar-refractivity contribution in [1.29, 1.82) is 5.26 Å². The normalized spacial score (nSPS) is 11.7. The highest BCUT2D eigenvalue weighted by Gasteiger charge is 2.10. The average molecular weight is 193 g/mol. The molecule has 1 aromatic heterocycles. The number of thioether (sulfide) groups is 1. The smallest absolute Gasteiger partial charge is 0.187 e. The van der Waals surface area contributed by atoms with Crippen LogP contribution in [0.3, 0.4) is 0 Å². The fourth-order valence-electron chi connectivity index (χ4n) is 0.792. The lowest BCUT2D eigenvalue weighted by Gasteiger charge is -2.00. The molecule has 0 bridgehead atoms. The van der Waals surface area contributed by atoms with Gasteiger partial charge in [0.25, 0.3) is 0 Å². The molecule has 0 saturated heterocycles. The third-order valence-corrected chi connectivity index (χ3v) is 1.99. The van der Waals surface area contributed by atoms with E-state index in [-0.39, 0.29) is 0 Å². The van der Waals surface area contributed by atoms with E-state index in [4.69, 9.17) is 5.26 Å². The van der Waals surface area contributed by atoms with Gasteiger partial charge in [0.2, 0.25) is 0 Å². The van der Waals surface area contributed by atoms with Gasteiger partial charge < -0.3 is 4.79 Å². The Balaban J connectivity index is 3.01. The van der Waals surface area contributed by atoms with Crippen molar-refractivity contribution < 1.29 is 4.79 Å². The van der Waals surface area contributed by atoms with E-state index in [1.54, 1.807) is 12.3 Å². The summed E-state index contributed by atoms with van der Waals surface area (Å²) in [6, 6.07) is 3.42. The number of aldehydes is 1. The van der Waals surface area contributed by atoms with Crippen LogP contribution in [0.2, 0.25) is 0 Å². The maximum absolute atomic E-state index is 10.4. The van der Waals surface area contributed by atoms with Gasteiger partial charge >= 0.3 is 0 Å². The highest BCUT2D eigenvalue weighted by molar-refractivity contribution is 7.98. The summed E-state index contributed by atoms with van der Waals surface area (Å²) in [6.45, 7) is 0. The van der Waals surface area contributed by atoms with Gasteiger partial charge in [-0.05, 0) is 12.3 Å². The number of rotatable bonds is 3. The van der Waals surface area contributed by atoms with Gasteiger partial charge in [0.05, 0.1) is 11.8 Å². The number of carbonyl (C=O) groups is 1. The van der Waals surface area contributed by atoms with Crippen molar-refractivity contribution in [3.05, 3.63) is 18.0 Å². The Morgan fingerprint density at radius 1 is 1.77 bits per heavy atom. The van der Waals surface area contributed by atoms with Gasteiger partial charge in [-0.3, -0.25) is 0 Å². The van der Waals surface area contributed by atoms with Crippen LogP contribution in [0.25, 0.3) is 0 Å². The third-order valence-electron chi connectivity index (χ3n) is 1.43. The van der Waals surface area contributed by atoms with Crippen LogP contribution in [0, 0.1) is 11.3 Å². The molecular weight excluding hydrogens is 186 g/mol. The molecule has 0 aliphatic heterocycles. The highest BCUT2D eigenvalue weighted by atomic mass is 32.2. The third kappa shape index (κ3) is 2.26. The Morgan fingerprint density at radius 3 is 3.08 bits per heavy atom. The molecule has 0 aliphatic rings. The molecule has 1 aromatic rings. The molecule has 0 saturated carbocycles. The topological polar surface area (TPSA) is 66.6 Å². The lowest BCUT2D eigenvalue weighted by Crippen LogP contribution is -2.01. The Hall–Kier alpha value is -1.41. The van der Waals surface area contributed by atoms with Gasteiger partial charge in [0.1, 0.15) is 12.2 Å². The van der Waals surface area contributed by atoms with Crippen molar-refractivity contribution in [3.63, 3.8) is 0 Å². The molecule has 0 amide bonds. The summed E-state index contributed by atoms with van der Waals surface area (Å²) in [6.07, 6.45) is 3.95. The predicted octanol–water partition coefficient (Wildman–Crippen LogP) is 1.00. The molecule has 1 heterocycles. The predicted molar refractivity (Wildman–Crippen MR) is 48.2 cm³/mol. The second-order valence-corrected chi connectivity index (χ2v) is 2.98. The van der Waals surface area contributed by atoms with Gasteiger partial charge in [-0.25, -0.2) is 9.97 Å². The molecule has 0 spiro atoms. The SMILES string of the molecule is CSc1nccc(C(C#N)C=O)n1. The Bertz CT molecular complexity index is 347. The molecule has 0 aliphatic carbocycles. The van der Waals surface area contributed by atoms with Crippen molar-refractivity contribution in [2.24, 2.45) is 0 Å². The average Bonchev–Trinajstić information content (AvgIpc) is 2.20. The zero-order valence-corrected chi connectivity index (χ0v) is 7.78. The van der Waals surface area contributed by atoms with Crippen molar-refractivity contribution in [1.82, 2.24) is 9.97 Å². The van der Waals surface area contributed by atoms with Gasteiger partial charge in [0, 0.05) is 6.20 Å². The van der Waals surface area contributed by atoms with E-state index in [1.807, 2.05) is 12.3 Å². The second-order valence-electron chi connectivity index (χ2n) is 2.21. The summed E-state index contributed by atoms with van der Waals surface area (Å²) in [5.41, 5.74) is 0.455. The summed E-state index contributed by atoms with van der Waals surface area (Å²) >= 11 is 1.37. The number of aromatic nitrogens is 2. The van der Waals surface area contributed by atoms with Crippen LogP contribution < -0.4 is 0 Å². The lowest BCUT2D eigenvalue weighted by molar-refractivity contribution is -0.108. The van der Waals surface area contributed by atoms with Gasteiger partial charge in [-0.15, -0.1) is 0 Å². The zero-order valence-electron chi connectivity index (χ0n) is 6.97. The molecule has 5 heteroatoms. The van der Waals surface area contributed by atoms with Crippen LogP contribution >= 0.6 is 11.8 Å². The molecule has 4 nitrogen and oxygen atoms in total. The number of nitriles is 1. The first-order valence-electron chi connectivity index (χ1n) is 3.53. The van der Waals surface area contributed by atoms with Crippen LogP contribution in [0.5, 0.6) is 0 Å². The molecule has 1 atom stereocenters. The first-order chi connectivity index (χ1) is 6.31. The number of nitrogens with zero attached hydrogens (tertiary/aromatic N) is 3. The molecule has 13 heavy (non-hydrogen) atoms. The molecule has 66 valence electrons. The Kier molecular flexibility index (Phi) is 3.41. The van der Waals surface area contributed by atoms with Crippen LogP contribution in [0.15, 0.2) is 17.4 Å². The van der Waals surface area contributed by atoms with Crippen molar-refractivity contribution >= 4 is 18.0 Å². The lowest BCUT2D eigenvalue weighted by atomic mass is 10.1.